The molecular weight excluding hydrogens is 278 g/mol. The first kappa shape index (κ1) is 15.0. The summed E-state index contributed by atoms with van der Waals surface area (Å²) < 4.78 is 0. The van der Waals surface area contributed by atoms with Gasteiger partial charge >= 0.3 is 0 Å². The van der Waals surface area contributed by atoms with E-state index in [9.17, 15) is 9.59 Å². The summed E-state index contributed by atoms with van der Waals surface area (Å²) in [5, 5.41) is 3.12. The minimum Gasteiger partial charge on any atom is -0.347 e. The third-order valence-electron chi connectivity index (χ3n) is 4.45. The molecule has 1 saturated carbocycles. The van der Waals surface area contributed by atoms with Gasteiger partial charge in [-0.2, -0.15) is 0 Å². The minimum absolute atomic E-state index is 0.0138. The fraction of sp³-hybridized carbons (Fsp3) is 0.588. The zero-order chi connectivity index (χ0) is 15.5. The molecule has 1 atom stereocenters. The van der Waals surface area contributed by atoms with Crippen molar-refractivity contribution in [1.82, 2.24) is 15.2 Å². The molecule has 0 aromatic carbocycles. The number of aromatic nitrogens is 1. The normalized spacial score (nSPS) is 19.3. The van der Waals surface area contributed by atoms with Crippen molar-refractivity contribution in [3.63, 3.8) is 0 Å². The van der Waals surface area contributed by atoms with Crippen molar-refractivity contribution in [3.05, 3.63) is 29.6 Å². The molecule has 1 aliphatic heterocycles. The van der Waals surface area contributed by atoms with Gasteiger partial charge in [0.2, 0.25) is 11.8 Å². The van der Waals surface area contributed by atoms with Gasteiger partial charge in [0, 0.05) is 32.1 Å². The van der Waals surface area contributed by atoms with Crippen molar-refractivity contribution in [2.24, 2.45) is 5.92 Å². The lowest BCUT2D eigenvalue weighted by atomic mass is 10.1. The summed E-state index contributed by atoms with van der Waals surface area (Å²) in [6, 6.07) is 4.03. The van der Waals surface area contributed by atoms with Gasteiger partial charge in [0.05, 0.1) is 11.7 Å². The van der Waals surface area contributed by atoms with Crippen LogP contribution < -0.4 is 5.32 Å². The molecule has 0 radical (unpaired) electrons. The summed E-state index contributed by atoms with van der Waals surface area (Å²) in [6.45, 7) is 3.36. The second-order valence-electron chi connectivity index (χ2n) is 6.38. The number of aryl methyl sites for hydroxylation is 1. The van der Waals surface area contributed by atoms with Gasteiger partial charge in [0.1, 0.15) is 0 Å². The molecule has 1 N–H and O–H groups in total. The Labute approximate surface area is 131 Å². The third kappa shape index (κ3) is 3.64. The lowest BCUT2D eigenvalue weighted by molar-refractivity contribution is -0.128. The Morgan fingerprint density at radius 1 is 1.50 bits per heavy atom. The van der Waals surface area contributed by atoms with E-state index in [2.05, 4.69) is 10.3 Å². The number of rotatable bonds is 6. The Hall–Kier alpha value is -1.91. The molecule has 5 heteroatoms. The van der Waals surface area contributed by atoms with Crippen molar-refractivity contribution in [3.8, 4) is 0 Å². The molecule has 2 amide bonds. The second-order valence-corrected chi connectivity index (χ2v) is 6.38. The van der Waals surface area contributed by atoms with Crippen LogP contribution in [0, 0.1) is 12.8 Å². The summed E-state index contributed by atoms with van der Waals surface area (Å²) in [6.07, 6.45) is 6.00. The summed E-state index contributed by atoms with van der Waals surface area (Å²) >= 11 is 0. The van der Waals surface area contributed by atoms with Crippen molar-refractivity contribution in [1.29, 1.82) is 0 Å². The van der Waals surface area contributed by atoms with Gasteiger partial charge in [-0.3, -0.25) is 14.6 Å². The highest BCUT2D eigenvalue weighted by atomic mass is 16.2. The lowest BCUT2D eigenvalue weighted by Crippen LogP contribution is -2.34. The van der Waals surface area contributed by atoms with Crippen molar-refractivity contribution in [2.75, 3.05) is 13.1 Å². The average molecular weight is 301 g/mol. The van der Waals surface area contributed by atoms with E-state index in [1.54, 1.807) is 11.1 Å². The zero-order valence-electron chi connectivity index (χ0n) is 13.0. The molecule has 2 fully saturated rings. The van der Waals surface area contributed by atoms with E-state index in [1.807, 2.05) is 19.1 Å². The fourth-order valence-electron chi connectivity index (χ4n) is 3.02. The van der Waals surface area contributed by atoms with Crippen LogP contribution in [-0.2, 0) is 9.59 Å². The zero-order valence-corrected chi connectivity index (χ0v) is 13.0. The van der Waals surface area contributed by atoms with Gasteiger partial charge in [0.15, 0.2) is 0 Å². The van der Waals surface area contributed by atoms with Gasteiger partial charge in [-0.25, -0.2) is 0 Å². The smallest absolute Gasteiger partial charge is 0.222 e. The molecule has 2 aliphatic rings. The Kier molecular flexibility index (Phi) is 4.41. The molecule has 1 unspecified atom stereocenters. The van der Waals surface area contributed by atoms with Gasteiger partial charge in [-0.1, -0.05) is 0 Å². The molecule has 1 saturated heterocycles. The molecule has 118 valence electrons. The maximum Gasteiger partial charge on any atom is 0.222 e. The number of pyridine rings is 1. The number of likely N-dealkylation sites (tertiary alicyclic amines) is 1. The van der Waals surface area contributed by atoms with Crippen LogP contribution in [0.4, 0.5) is 0 Å². The largest absolute Gasteiger partial charge is 0.347 e. The molecule has 22 heavy (non-hydrogen) atoms. The van der Waals surface area contributed by atoms with Crippen LogP contribution in [0.2, 0.25) is 0 Å². The van der Waals surface area contributed by atoms with E-state index in [-0.39, 0.29) is 17.9 Å². The van der Waals surface area contributed by atoms with Crippen molar-refractivity contribution in [2.45, 2.75) is 45.1 Å². The van der Waals surface area contributed by atoms with Gasteiger partial charge < -0.3 is 10.2 Å². The van der Waals surface area contributed by atoms with Crippen LogP contribution in [0.5, 0.6) is 0 Å². The molecule has 3 rings (SSSR count). The van der Waals surface area contributed by atoms with Gasteiger partial charge in [0.25, 0.3) is 0 Å². The van der Waals surface area contributed by atoms with Gasteiger partial charge in [-0.15, -0.1) is 0 Å². The van der Waals surface area contributed by atoms with E-state index in [0.717, 1.165) is 37.1 Å². The standard InChI is InChI=1S/C17H23N3O2/c1-12-6-8-18-14(11-12)17(13-4-5-13)19-15(21)7-10-20-9-2-3-16(20)22/h6,8,11,13,17H,2-5,7,9-10H2,1H3,(H,19,21). The molecule has 0 spiro atoms. The van der Waals surface area contributed by atoms with Crippen LogP contribution >= 0.6 is 0 Å². The lowest BCUT2D eigenvalue weighted by Gasteiger charge is -2.20. The maximum atomic E-state index is 12.2. The number of nitrogens with one attached hydrogen (secondary N) is 1. The molecule has 5 nitrogen and oxygen atoms in total. The molecule has 2 heterocycles. The van der Waals surface area contributed by atoms with Crippen LogP contribution in [-0.4, -0.2) is 34.8 Å². The summed E-state index contributed by atoms with van der Waals surface area (Å²) in [5.74, 6) is 0.693. The highest BCUT2D eigenvalue weighted by Gasteiger charge is 2.34. The summed E-state index contributed by atoms with van der Waals surface area (Å²) in [4.78, 5) is 30.0. The predicted molar refractivity (Wildman–Crippen MR) is 83.0 cm³/mol. The number of hydrogen-bond donors (Lipinski definition) is 1. The topological polar surface area (TPSA) is 62.3 Å². The molecule has 1 aromatic rings. The molecule has 1 aliphatic carbocycles. The molecular formula is C17H23N3O2. The fourth-order valence-corrected chi connectivity index (χ4v) is 3.02. The van der Waals surface area contributed by atoms with Crippen LogP contribution in [0.3, 0.4) is 0 Å². The number of carbonyl (C=O) groups excluding carboxylic acids is 2. The Morgan fingerprint density at radius 3 is 2.95 bits per heavy atom. The predicted octanol–water partition coefficient (Wildman–Crippen LogP) is 1.97. The van der Waals surface area contributed by atoms with Crippen LogP contribution in [0.25, 0.3) is 0 Å². The number of carbonyl (C=O) groups is 2. The van der Waals surface area contributed by atoms with Crippen LogP contribution in [0.15, 0.2) is 18.3 Å². The SMILES string of the molecule is Cc1ccnc(C(NC(=O)CCN2CCCC2=O)C2CC2)c1. The summed E-state index contributed by atoms with van der Waals surface area (Å²) in [5.41, 5.74) is 2.11. The Morgan fingerprint density at radius 2 is 2.32 bits per heavy atom. The Bertz CT molecular complexity index is 569. The molecule has 1 aromatic heterocycles. The average Bonchev–Trinajstić information content (AvgIpc) is 3.25. The van der Waals surface area contributed by atoms with E-state index in [1.165, 1.54) is 0 Å². The third-order valence-corrected chi connectivity index (χ3v) is 4.45. The first-order chi connectivity index (χ1) is 10.6. The van der Waals surface area contributed by atoms with Gasteiger partial charge in [-0.05, 0) is 49.8 Å². The monoisotopic (exact) mass is 301 g/mol. The van der Waals surface area contributed by atoms with Crippen LogP contribution in [0.1, 0.15) is 49.4 Å². The first-order valence-electron chi connectivity index (χ1n) is 8.13. The van der Waals surface area contributed by atoms with Crippen molar-refractivity contribution < 1.29 is 9.59 Å². The van der Waals surface area contributed by atoms with E-state index in [4.69, 9.17) is 0 Å². The molecule has 0 bridgehead atoms. The number of amides is 2. The van der Waals surface area contributed by atoms with Crippen molar-refractivity contribution >= 4 is 11.8 Å². The highest BCUT2D eigenvalue weighted by Crippen LogP contribution is 2.40. The number of nitrogens with zero attached hydrogens (tertiary/aromatic N) is 2. The quantitative estimate of drug-likeness (QED) is 0.874. The van der Waals surface area contributed by atoms with E-state index < -0.39 is 0 Å². The number of hydrogen-bond acceptors (Lipinski definition) is 3. The minimum atomic E-state index is 0.0138. The van der Waals surface area contributed by atoms with E-state index >= 15 is 0 Å². The first-order valence-corrected chi connectivity index (χ1v) is 8.13. The summed E-state index contributed by atoms with van der Waals surface area (Å²) in [7, 11) is 0. The second kappa shape index (κ2) is 6.46. The van der Waals surface area contributed by atoms with E-state index in [0.29, 0.717) is 25.3 Å². The Balaban J connectivity index is 1.57. The maximum absolute atomic E-state index is 12.2. The highest BCUT2D eigenvalue weighted by molar-refractivity contribution is 5.80.